The van der Waals surface area contributed by atoms with Crippen molar-refractivity contribution in [3.05, 3.63) is 113 Å². The second-order valence-electron chi connectivity index (χ2n) is 16.3. The minimum atomic E-state index is -0.707. The van der Waals surface area contributed by atoms with E-state index in [0.29, 0.717) is 54.2 Å². The number of aliphatic hydroxyl groups excluding tert-OH is 2. The maximum absolute atomic E-state index is 14.1. The molecule has 1 aliphatic rings. The highest BCUT2D eigenvalue weighted by Crippen LogP contribution is 2.43. The summed E-state index contributed by atoms with van der Waals surface area (Å²) in [6, 6.07) is 26.7. The third-order valence-electron chi connectivity index (χ3n) is 10.8. The predicted molar refractivity (Wildman–Crippen MR) is 243 cm³/mol. The zero-order chi connectivity index (χ0) is 44.7. The van der Waals surface area contributed by atoms with Gasteiger partial charge in [0, 0.05) is 37.6 Å². The van der Waals surface area contributed by atoms with E-state index in [-0.39, 0.29) is 38.6 Å². The molecule has 62 heavy (non-hydrogen) atoms. The number of esters is 2. The summed E-state index contributed by atoms with van der Waals surface area (Å²) in [5.41, 5.74) is 2.99. The van der Waals surface area contributed by atoms with Gasteiger partial charge in [0.1, 0.15) is 42.7 Å². The van der Waals surface area contributed by atoms with Gasteiger partial charge in [-0.25, -0.2) is 9.59 Å². The van der Waals surface area contributed by atoms with Gasteiger partial charge in [0.15, 0.2) is 0 Å². The molecule has 12 nitrogen and oxygen atoms in total. The second-order valence-corrected chi connectivity index (χ2v) is 16.3. The number of nitrogens with zero attached hydrogens (tertiary/aromatic N) is 1. The first-order chi connectivity index (χ1) is 29.9. The van der Waals surface area contributed by atoms with Crippen LogP contribution in [0.25, 0.3) is 0 Å². The highest BCUT2D eigenvalue weighted by molar-refractivity contribution is 6.00. The van der Waals surface area contributed by atoms with Gasteiger partial charge in [-0.3, -0.25) is 0 Å². The monoisotopic (exact) mass is 858 g/mol. The van der Waals surface area contributed by atoms with Crippen LogP contribution in [0.4, 0.5) is 0 Å². The Labute approximate surface area is 369 Å². The highest BCUT2D eigenvalue weighted by Gasteiger charge is 2.40. The maximum atomic E-state index is 14.1. The molecule has 3 aromatic carbocycles. The van der Waals surface area contributed by atoms with Gasteiger partial charge in [-0.15, -0.1) is 0 Å². The van der Waals surface area contributed by atoms with E-state index in [1.54, 1.807) is 0 Å². The van der Waals surface area contributed by atoms with Crippen LogP contribution in [-0.4, -0.2) is 105 Å². The largest absolute Gasteiger partial charge is 0.491 e. The molecule has 1 aliphatic heterocycles. The van der Waals surface area contributed by atoms with Gasteiger partial charge >= 0.3 is 11.9 Å². The highest BCUT2D eigenvalue weighted by atomic mass is 16.5. The Kier molecular flexibility index (Phi) is 21.9. The number of ether oxygens (including phenoxy) is 5. The first kappa shape index (κ1) is 49.8. The first-order valence-electron chi connectivity index (χ1n) is 22.4. The fraction of sp³-hybridized carbons (Fsp3) is 0.520. The molecule has 0 amide bonds. The lowest BCUT2D eigenvalue weighted by molar-refractivity contribution is -0.140. The van der Waals surface area contributed by atoms with Gasteiger partial charge in [0.05, 0.1) is 36.4 Å². The number of hydrogen-bond acceptors (Lipinski definition) is 12. The Balaban J connectivity index is 1.25. The number of hydrogen-bond donors (Lipinski definition) is 4. The van der Waals surface area contributed by atoms with Crippen molar-refractivity contribution in [2.45, 2.75) is 116 Å². The van der Waals surface area contributed by atoms with Crippen LogP contribution in [0.1, 0.15) is 97.5 Å². The van der Waals surface area contributed by atoms with Crippen LogP contribution in [0.2, 0.25) is 0 Å². The number of unbranched alkanes of at least 4 members (excludes halogenated alkanes) is 5. The second kappa shape index (κ2) is 27.2. The average molecular weight is 858 g/mol. The van der Waals surface area contributed by atoms with Gasteiger partial charge in [-0.05, 0) is 109 Å². The summed E-state index contributed by atoms with van der Waals surface area (Å²) in [7, 11) is 1.85. The van der Waals surface area contributed by atoms with Crippen LogP contribution in [0.3, 0.4) is 0 Å². The Hall–Kier alpha value is -4.88. The molecule has 4 N–H and O–H groups in total. The standard InChI is InChI=1S/C50H71N3O9/c1-36(2)62-45-27-20-22-40(31-45)48-46(49(56)58-29-18-8-7-17-28-51-32-41(54)34-60-43-23-13-9-14-24-43)38(4)53(6)39(5)47(48)50(57)59-30-19-11-12-21-37(3)52-33-42(55)35-61-44-25-15-10-16-26-44/h9-10,13-16,20,22-27,31,36-37,41-42,48,51-52,54-55H,7-8,11-12,17-19,21,28-30,32-35H2,1-6H3. The van der Waals surface area contributed by atoms with E-state index < -0.39 is 30.1 Å². The maximum Gasteiger partial charge on any atom is 0.336 e. The van der Waals surface area contributed by atoms with Crippen LogP contribution in [0.15, 0.2) is 107 Å². The lowest BCUT2D eigenvalue weighted by atomic mass is 9.79. The summed E-state index contributed by atoms with van der Waals surface area (Å²) in [5.74, 6) is 0.492. The van der Waals surface area contributed by atoms with Crippen molar-refractivity contribution in [3.63, 3.8) is 0 Å². The van der Waals surface area contributed by atoms with Crippen LogP contribution in [0.5, 0.6) is 17.2 Å². The van der Waals surface area contributed by atoms with Gasteiger partial charge < -0.3 is 49.4 Å². The summed E-state index contributed by atoms with van der Waals surface area (Å²) in [6.45, 7) is 12.4. The molecule has 4 unspecified atom stereocenters. The van der Waals surface area contributed by atoms with Crippen molar-refractivity contribution >= 4 is 11.9 Å². The topological polar surface area (TPSA) is 148 Å². The normalized spacial score (nSPS) is 15.6. The van der Waals surface area contributed by atoms with E-state index in [0.717, 1.165) is 62.1 Å². The quantitative estimate of drug-likeness (QED) is 0.0401. The number of carbonyl (C=O) groups is 2. The molecular weight excluding hydrogens is 787 g/mol. The Morgan fingerprint density at radius 1 is 0.661 bits per heavy atom. The van der Waals surface area contributed by atoms with E-state index in [4.69, 9.17) is 23.7 Å². The van der Waals surface area contributed by atoms with Crippen molar-refractivity contribution in [2.24, 2.45) is 0 Å². The number of nitrogens with one attached hydrogen (secondary N) is 2. The predicted octanol–water partition coefficient (Wildman–Crippen LogP) is 7.71. The van der Waals surface area contributed by atoms with Crippen molar-refractivity contribution in [1.29, 1.82) is 0 Å². The fourth-order valence-corrected chi connectivity index (χ4v) is 7.24. The van der Waals surface area contributed by atoms with E-state index in [1.165, 1.54) is 0 Å². The number of carbonyl (C=O) groups excluding carboxylic acids is 2. The molecule has 340 valence electrons. The molecule has 0 saturated carbocycles. The minimum Gasteiger partial charge on any atom is -0.491 e. The first-order valence-corrected chi connectivity index (χ1v) is 22.4. The lowest BCUT2D eigenvalue weighted by Crippen LogP contribution is -2.36. The molecule has 4 rings (SSSR count). The molecule has 0 bridgehead atoms. The van der Waals surface area contributed by atoms with E-state index in [9.17, 15) is 19.8 Å². The molecule has 4 atom stereocenters. The summed E-state index contributed by atoms with van der Waals surface area (Å²) < 4.78 is 29.2. The van der Waals surface area contributed by atoms with Crippen molar-refractivity contribution in [2.75, 3.05) is 53.1 Å². The van der Waals surface area contributed by atoms with E-state index in [1.807, 2.05) is 125 Å². The molecule has 0 radical (unpaired) electrons. The molecule has 0 aliphatic carbocycles. The number of benzene rings is 3. The number of allylic oxidation sites excluding steroid dienone is 2. The molecule has 12 heteroatoms. The van der Waals surface area contributed by atoms with Gasteiger partial charge in [0.2, 0.25) is 0 Å². The van der Waals surface area contributed by atoms with Crippen LogP contribution in [-0.2, 0) is 19.1 Å². The summed E-state index contributed by atoms with van der Waals surface area (Å²) in [5, 5.41) is 27.2. The number of rotatable bonds is 29. The molecule has 0 saturated heterocycles. The zero-order valence-corrected chi connectivity index (χ0v) is 37.8. The van der Waals surface area contributed by atoms with Crippen LogP contribution in [0, 0.1) is 0 Å². The van der Waals surface area contributed by atoms with Crippen molar-refractivity contribution in [3.8, 4) is 17.2 Å². The minimum absolute atomic E-state index is 0.0574. The Morgan fingerprint density at radius 2 is 1.18 bits per heavy atom. The third-order valence-corrected chi connectivity index (χ3v) is 10.8. The Morgan fingerprint density at radius 3 is 1.74 bits per heavy atom. The third kappa shape index (κ3) is 17.1. The van der Waals surface area contributed by atoms with Crippen molar-refractivity contribution < 1.29 is 43.5 Å². The number of aliphatic hydroxyl groups is 2. The van der Waals surface area contributed by atoms with Gasteiger partial charge in [-0.2, -0.15) is 0 Å². The van der Waals surface area contributed by atoms with E-state index >= 15 is 0 Å². The zero-order valence-electron chi connectivity index (χ0n) is 37.8. The van der Waals surface area contributed by atoms with Gasteiger partial charge in [-0.1, -0.05) is 74.2 Å². The molecule has 0 aromatic heterocycles. The van der Waals surface area contributed by atoms with E-state index in [2.05, 4.69) is 17.6 Å². The average Bonchev–Trinajstić information content (AvgIpc) is 3.26. The lowest BCUT2D eigenvalue weighted by Gasteiger charge is -2.36. The molecule has 1 heterocycles. The smallest absolute Gasteiger partial charge is 0.336 e. The van der Waals surface area contributed by atoms with Crippen LogP contribution >= 0.6 is 0 Å². The molecule has 0 fully saturated rings. The van der Waals surface area contributed by atoms with Crippen LogP contribution < -0.4 is 24.8 Å². The van der Waals surface area contributed by atoms with Crippen molar-refractivity contribution in [1.82, 2.24) is 15.5 Å². The summed E-state index contributed by atoms with van der Waals surface area (Å²) in [4.78, 5) is 30.0. The van der Waals surface area contributed by atoms with Gasteiger partial charge in [0.25, 0.3) is 0 Å². The molecular formula is C50H71N3O9. The SMILES string of the molecule is CC1=C(C(=O)OCCCCCCNCC(O)COc2ccccc2)C(c2cccc(OC(C)C)c2)C(C(=O)OCCCCCC(C)NCC(O)COc2ccccc2)=C(C)N1C. The molecule has 0 spiro atoms. The summed E-state index contributed by atoms with van der Waals surface area (Å²) >= 11 is 0. The fourth-order valence-electron chi connectivity index (χ4n) is 7.24. The Bertz CT molecular complexity index is 1840. The summed E-state index contributed by atoms with van der Waals surface area (Å²) in [6.07, 6.45) is 5.59. The molecule has 3 aromatic rings. The number of para-hydroxylation sites is 2.